The maximum absolute atomic E-state index is 7.58. The van der Waals surface area contributed by atoms with Gasteiger partial charge in [0.1, 0.15) is 0 Å². The summed E-state index contributed by atoms with van der Waals surface area (Å²) in [6.45, 7) is 4.39. The molecule has 0 bridgehead atoms. The van der Waals surface area contributed by atoms with Crippen LogP contribution in [0.5, 0.6) is 0 Å². The number of hydrogen-bond acceptors (Lipinski definition) is 3. The molecule has 3 nitrogen and oxygen atoms in total. The number of nitrogens with zero attached hydrogens (tertiary/aromatic N) is 1. The first-order valence-corrected chi connectivity index (χ1v) is 7.70. The van der Waals surface area contributed by atoms with E-state index in [1.54, 1.807) is 0 Å². The molecule has 0 saturated carbocycles. The van der Waals surface area contributed by atoms with E-state index in [9.17, 15) is 0 Å². The zero-order valence-corrected chi connectivity index (χ0v) is 12.0. The third-order valence-corrected chi connectivity index (χ3v) is 3.92. The molecule has 2 N–H and O–H groups in total. The van der Waals surface area contributed by atoms with Gasteiger partial charge in [-0.3, -0.25) is 0 Å². The van der Waals surface area contributed by atoms with Gasteiger partial charge in [0.2, 0.25) is 0 Å². The van der Waals surface area contributed by atoms with E-state index in [2.05, 4.69) is 24.0 Å². The monoisotopic (exact) mass is 317 g/mol. The van der Waals surface area contributed by atoms with Crippen LogP contribution in [0.25, 0.3) is 0 Å². The zero-order chi connectivity index (χ0) is 12.9. The van der Waals surface area contributed by atoms with Crippen molar-refractivity contribution in [2.75, 3.05) is 11.3 Å². The Hall–Kier alpha value is -0.851. The van der Waals surface area contributed by atoms with Crippen LogP contribution in [-0.2, 0) is 6.54 Å². The van der Waals surface area contributed by atoms with Crippen LogP contribution < -0.4 is 5.32 Å². The maximum atomic E-state index is 7.58. The summed E-state index contributed by atoms with van der Waals surface area (Å²) in [5.74, 6) is 0.569. The average Bonchev–Trinajstić information content (AvgIpc) is 2.39. The van der Waals surface area contributed by atoms with Crippen molar-refractivity contribution in [3.63, 3.8) is 0 Å². The van der Waals surface area contributed by atoms with Crippen molar-refractivity contribution in [1.82, 2.24) is 5.32 Å². The van der Waals surface area contributed by atoms with Gasteiger partial charge < -0.3 is 0 Å². The van der Waals surface area contributed by atoms with Crippen molar-refractivity contribution in [2.24, 2.45) is 0 Å². The van der Waals surface area contributed by atoms with Crippen molar-refractivity contribution < 1.29 is 0 Å². The summed E-state index contributed by atoms with van der Waals surface area (Å²) in [7, 11) is 0. The number of benzene rings is 1. The second-order valence-corrected chi connectivity index (χ2v) is 5.69. The van der Waals surface area contributed by atoms with Crippen molar-refractivity contribution in [1.29, 1.82) is 10.7 Å². The van der Waals surface area contributed by atoms with Crippen molar-refractivity contribution in [3.05, 3.63) is 35.9 Å². The quantitative estimate of drug-likeness (QED) is 0.350. The van der Waals surface area contributed by atoms with E-state index in [0.29, 0.717) is 5.88 Å². The second-order valence-electron chi connectivity index (χ2n) is 3.06. The van der Waals surface area contributed by atoms with Crippen molar-refractivity contribution in [3.8, 4) is 6.57 Å². The third-order valence-electron chi connectivity index (χ3n) is 1.84. The van der Waals surface area contributed by atoms with Gasteiger partial charge >= 0.3 is 102 Å². The SMILES string of the molecule is C#N.N=C(CCCl)[Se]CNCc1ccccc1. The Bertz CT molecular complexity index is 327. The van der Waals surface area contributed by atoms with E-state index >= 15 is 0 Å². The normalized spacial score (nSPS) is 9.12. The molecule has 17 heavy (non-hydrogen) atoms. The van der Waals surface area contributed by atoms with Crippen molar-refractivity contribution in [2.45, 2.75) is 13.0 Å². The van der Waals surface area contributed by atoms with Gasteiger partial charge in [-0.2, -0.15) is 0 Å². The molecular formula is C12H16ClN3Se. The van der Waals surface area contributed by atoms with E-state index in [0.717, 1.165) is 23.0 Å². The fraction of sp³-hybridized carbons (Fsp3) is 0.333. The van der Waals surface area contributed by atoms with Crippen LogP contribution >= 0.6 is 11.6 Å². The number of nitriles is 1. The van der Waals surface area contributed by atoms with Gasteiger partial charge in [-0.1, -0.05) is 0 Å². The van der Waals surface area contributed by atoms with E-state index < -0.39 is 0 Å². The summed E-state index contributed by atoms with van der Waals surface area (Å²) in [4.78, 5) is 0. The molecule has 0 unspecified atom stereocenters. The van der Waals surface area contributed by atoms with Crippen LogP contribution in [0.1, 0.15) is 12.0 Å². The van der Waals surface area contributed by atoms with E-state index in [4.69, 9.17) is 22.3 Å². The van der Waals surface area contributed by atoms with Gasteiger partial charge in [0.05, 0.1) is 0 Å². The molecule has 1 aromatic rings. The Labute approximate surface area is 114 Å². The van der Waals surface area contributed by atoms with E-state index in [1.165, 1.54) is 5.56 Å². The second kappa shape index (κ2) is 11.6. The molecular weight excluding hydrogens is 301 g/mol. The number of alkyl halides is 1. The van der Waals surface area contributed by atoms with E-state index in [1.807, 2.05) is 18.2 Å². The minimum absolute atomic E-state index is 0.254. The molecule has 1 aromatic carbocycles. The molecule has 0 fully saturated rings. The number of rotatable bonds is 7. The molecule has 0 aromatic heterocycles. The molecule has 0 aliphatic carbocycles. The molecule has 0 aliphatic rings. The van der Waals surface area contributed by atoms with Crippen LogP contribution in [0.3, 0.4) is 0 Å². The van der Waals surface area contributed by atoms with Gasteiger partial charge in [0.15, 0.2) is 0 Å². The standard InChI is InChI=1S/C11H15ClN2Se.CHN/c12-7-6-11(13)15-9-14-8-10-4-2-1-3-5-10;1-2/h1-5,13-14H,6-9H2;1H. The first-order valence-electron chi connectivity index (χ1n) is 5.09. The average molecular weight is 317 g/mol. The predicted octanol–water partition coefficient (Wildman–Crippen LogP) is 2.18. The van der Waals surface area contributed by atoms with E-state index in [-0.39, 0.29) is 15.0 Å². The molecule has 0 saturated heterocycles. The Balaban J connectivity index is 0.00000121. The molecule has 92 valence electrons. The summed E-state index contributed by atoms with van der Waals surface area (Å²) < 4.78 is 0.790. The van der Waals surface area contributed by atoms with Gasteiger partial charge in [0, 0.05) is 6.57 Å². The summed E-state index contributed by atoms with van der Waals surface area (Å²) >= 11 is 5.81. The Morgan fingerprint density at radius 1 is 1.35 bits per heavy atom. The van der Waals surface area contributed by atoms with Crippen LogP contribution in [0.4, 0.5) is 0 Å². The minimum atomic E-state index is 0.254. The summed E-state index contributed by atoms with van der Waals surface area (Å²) in [6.07, 6.45) is 0.731. The Morgan fingerprint density at radius 2 is 2.00 bits per heavy atom. The third kappa shape index (κ3) is 8.91. The van der Waals surface area contributed by atoms with Crippen LogP contribution in [0, 0.1) is 17.2 Å². The topological polar surface area (TPSA) is 59.7 Å². The van der Waals surface area contributed by atoms with Gasteiger partial charge in [0.25, 0.3) is 0 Å². The number of halogens is 1. The molecule has 0 spiro atoms. The molecule has 5 heteroatoms. The molecule has 0 radical (unpaired) electrons. The number of hydrogen-bond donors (Lipinski definition) is 2. The first-order chi connectivity index (χ1) is 8.33. The molecule has 1 rings (SSSR count). The summed E-state index contributed by atoms with van der Waals surface area (Å²) in [6, 6.07) is 10.3. The van der Waals surface area contributed by atoms with Crippen LogP contribution in [0.15, 0.2) is 30.3 Å². The molecule has 0 amide bonds. The zero-order valence-electron chi connectivity index (χ0n) is 9.53. The Kier molecular flexibility index (Phi) is 11.0. The Morgan fingerprint density at radius 3 is 2.59 bits per heavy atom. The van der Waals surface area contributed by atoms with Crippen molar-refractivity contribution >= 4 is 31.2 Å². The fourth-order valence-corrected chi connectivity index (χ4v) is 2.84. The van der Waals surface area contributed by atoms with Gasteiger partial charge in [-0.25, -0.2) is 5.26 Å². The van der Waals surface area contributed by atoms with Gasteiger partial charge in [-0.15, -0.1) is 0 Å². The van der Waals surface area contributed by atoms with Crippen LogP contribution in [0.2, 0.25) is 0 Å². The summed E-state index contributed by atoms with van der Waals surface area (Å²) in [5.41, 5.74) is 2.20. The molecule has 0 heterocycles. The first kappa shape index (κ1) is 16.1. The summed E-state index contributed by atoms with van der Waals surface area (Å²) in [5, 5.41) is 17.4. The fourth-order valence-electron chi connectivity index (χ4n) is 1.09. The van der Waals surface area contributed by atoms with Crippen LogP contribution in [-0.4, -0.2) is 30.9 Å². The number of nitrogens with one attached hydrogen (secondary N) is 2. The molecule has 0 atom stereocenters. The molecule has 0 aliphatic heterocycles. The van der Waals surface area contributed by atoms with Gasteiger partial charge in [-0.05, 0) is 0 Å². The predicted molar refractivity (Wildman–Crippen MR) is 73.6 cm³/mol.